The molecule has 0 spiro atoms. The van der Waals surface area contributed by atoms with Crippen LogP contribution < -0.4 is 19.9 Å². The van der Waals surface area contributed by atoms with E-state index in [0.29, 0.717) is 17.2 Å². The van der Waals surface area contributed by atoms with Crippen molar-refractivity contribution in [2.45, 2.75) is 25.3 Å². The van der Waals surface area contributed by atoms with Gasteiger partial charge in [0.1, 0.15) is 5.01 Å². The number of nitrogens with zero attached hydrogens (tertiary/aromatic N) is 1. The highest BCUT2D eigenvalue weighted by Gasteiger charge is 2.25. The van der Waals surface area contributed by atoms with Crippen molar-refractivity contribution in [3.8, 4) is 27.8 Å². The van der Waals surface area contributed by atoms with Gasteiger partial charge in [0.25, 0.3) is 0 Å². The molecule has 2 aromatic rings. The Labute approximate surface area is 126 Å². The van der Waals surface area contributed by atoms with Crippen molar-refractivity contribution in [3.05, 3.63) is 22.7 Å². The minimum Gasteiger partial charge on any atom is -0.493 e. The zero-order chi connectivity index (χ0) is 14.4. The molecule has 1 aliphatic carbocycles. The number of methoxy groups -OCH3 is 1. The van der Waals surface area contributed by atoms with Gasteiger partial charge < -0.3 is 19.9 Å². The lowest BCUT2D eigenvalue weighted by molar-refractivity contribution is 0.171. The van der Waals surface area contributed by atoms with Crippen LogP contribution in [0.1, 0.15) is 29.5 Å². The van der Waals surface area contributed by atoms with Crippen LogP contribution in [-0.4, -0.2) is 18.9 Å². The number of nitrogens with two attached hydrogens (primary N) is 1. The molecule has 5 nitrogen and oxygen atoms in total. The predicted octanol–water partition coefficient (Wildman–Crippen LogP) is 2.88. The SMILES string of the molecule is COc1cc(-c2nc3c(s2)CCCC3N)cc2c1OCO2. The lowest BCUT2D eigenvalue weighted by Gasteiger charge is -2.15. The van der Waals surface area contributed by atoms with Crippen LogP contribution in [0.5, 0.6) is 17.2 Å². The molecule has 0 fully saturated rings. The van der Waals surface area contributed by atoms with Gasteiger partial charge in [0.15, 0.2) is 11.5 Å². The molecular weight excluding hydrogens is 288 g/mol. The molecule has 0 amide bonds. The highest BCUT2D eigenvalue weighted by Crippen LogP contribution is 2.45. The Bertz CT molecular complexity index is 698. The Kier molecular flexibility index (Phi) is 3.01. The van der Waals surface area contributed by atoms with Crippen LogP contribution in [0.2, 0.25) is 0 Å². The van der Waals surface area contributed by atoms with Gasteiger partial charge in [-0.05, 0) is 31.4 Å². The number of rotatable bonds is 2. The summed E-state index contributed by atoms with van der Waals surface area (Å²) in [6, 6.07) is 3.97. The summed E-state index contributed by atoms with van der Waals surface area (Å²) in [5.41, 5.74) is 8.20. The molecule has 0 saturated heterocycles. The summed E-state index contributed by atoms with van der Waals surface area (Å²) in [6.45, 7) is 0.231. The van der Waals surface area contributed by atoms with Gasteiger partial charge in [-0.2, -0.15) is 0 Å². The highest BCUT2D eigenvalue weighted by molar-refractivity contribution is 7.15. The third-order valence-electron chi connectivity index (χ3n) is 3.90. The summed E-state index contributed by atoms with van der Waals surface area (Å²) in [4.78, 5) is 6.05. The normalized spacial score (nSPS) is 19.4. The van der Waals surface area contributed by atoms with E-state index in [0.717, 1.165) is 35.5 Å². The maximum Gasteiger partial charge on any atom is 0.231 e. The molecule has 1 aromatic heterocycles. The molecule has 110 valence electrons. The van der Waals surface area contributed by atoms with Gasteiger partial charge in [-0.25, -0.2) is 4.98 Å². The van der Waals surface area contributed by atoms with Gasteiger partial charge in [0.05, 0.1) is 12.8 Å². The molecule has 6 heteroatoms. The monoisotopic (exact) mass is 304 g/mol. The van der Waals surface area contributed by atoms with Crippen LogP contribution in [0.25, 0.3) is 10.6 Å². The van der Waals surface area contributed by atoms with E-state index >= 15 is 0 Å². The molecule has 1 aliphatic heterocycles. The van der Waals surface area contributed by atoms with Crippen molar-refractivity contribution in [1.29, 1.82) is 0 Å². The van der Waals surface area contributed by atoms with E-state index in [-0.39, 0.29) is 12.8 Å². The fourth-order valence-electron chi connectivity index (χ4n) is 2.83. The van der Waals surface area contributed by atoms with Gasteiger partial charge in [-0.15, -0.1) is 11.3 Å². The highest BCUT2D eigenvalue weighted by atomic mass is 32.1. The van der Waals surface area contributed by atoms with Gasteiger partial charge in [0, 0.05) is 16.5 Å². The molecule has 0 bridgehead atoms. The number of hydrogen-bond acceptors (Lipinski definition) is 6. The Balaban J connectivity index is 1.80. The Morgan fingerprint density at radius 2 is 2.29 bits per heavy atom. The molecule has 1 atom stereocenters. The van der Waals surface area contributed by atoms with E-state index in [4.69, 9.17) is 24.9 Å². The van der Waals surface area contributed by atoms with Crippen LogP contribution in [0, 0.1) is 0 Å². The number of fused-ring (bicyclic) bond motifs is 2. The van der Waals surface area contributed by atoms with E-state index in [9.17, 15) is 0 Å². The first-order valence-corrected chi connectivity index (χ1v) is 7.81. The fraction of sp³-hybridized carbons (Fsp3) is 0.400. The molecule has 0 saturated carbocycles. The maximum atomic E-state index is 6.16. The molecule has 21 heavy (non-hydrogen) atoms. The molecular formula is C15H16N2O3S. The summed E-state index contributed by atoms with van der Waals surface area (Å²) in [7, 11) is 1.63. The van der Waals surface area contributed by atoms with E-state index in [1.807, 2.05) is 12.1 Å². The lowest BCUT2D eigenvalue weighted by Crippen LogP contribution is -2.16. The number of benzene rings is 1. The minimum atomic E-state index is 0.0645. The molecule has 0 radical (unpaired) electrons. The quantitative estimate of drug-likeness (QED) is 0.924. The van der Waals surface area contributed by atoms with Crippen LogP contribution in [-0.2, 0) is 6.42 Å². The first-order valence-electron chi connectivity index (χ1n) is 6.99. The van der Waals surface area contributed by atoms with Crippen molar-refractivity contribution in [3.63, 3.8) is 0 Å². The number of aromatic nitrogens is 1. The summed E-state index contributed by atoms with van der Waals surface area (Å²) in [5, 5.41) is 0.967. The average Bonchev–Trinajstić information content (AvgIpc) is 3.12. The largest absolute Gasteiger partial charge is 0.493 e. The topological polar surface area (TPSA) is 66.6 Å². The standard InChI is InChI=1S/C15H16N2O3S/c1-18-10-5-8(6-11-14(10)20-7-19-11)15-17-13-9(16)3-2-4-12(13)21-15/h5-6,9H,2-4,7,16H2,1H3. The Morgan fingerprint density at radius 1 is 1.38 bits per heavy atom. The Hall–Kier alpha value is -1.79. The molecule has 1 aromatic carbocycles. The zero-order valence-corrected chi connectivity index (χ0v) is 12.5. The lowest BCUT2D eigenvalue weighted by atomic mass is 9.99. The van der Waals surface area contributed by atoms with Gasteiger partial charge >= 0.3 is 0 Å². The van der Waals surface area contributed by atoms with E-state index < -0.39 is 0 Å². The van der Waals surface area contributed by atoms with Crippen LogP contribution in [0.3, 0.4) is 0 Å². The van der Waals surface area contributed by atoms with Crippen molar-refractivity contribution < 1.29 is 14.2 Å². The molecule has 2 N–H and O–H groups in total. The number of aryl methyl sites for hydroxylation is 1. The summed E-state index contributed by atoms with van der Waals surface area (Å²) in [6.07, 6.45) is 3.23. The maximum absolute atomic E-state index is 6.16. The zero-order valence-electron chi connectivity index (χ0n) is 11.7. The number of ether oxygens (including phenoxy) is 3. The van der Waals surface area contributed by atoms with Crippen LogP contribution in [0.4, 0.5) is 0 Å². The molecule has 1 unspecified atom stereocenters. The smallest absolute Gasteiger partial charge is 0.231 e. The number of thiazole rings is 1. The van der Waals surface area contributed by atoms with Crippen molar-refractivity contribution in [2.24, 2.45) is 5.73 Å². The summed E-state index contributed by atoms with van der Waals surface area (Å²) >= 11 is 1.71. The van der Waals surface area contributed by atoms with Crippen molar-refractivity contribution >= 4 is 11.3 Å². The molecule has 4 rings (SSSR count). The van der Waals surface area contributed by atoms with Gasteiger partial charge in [0.2, 0.25) is 12.5 Å². The first-order chi connectivity index (χ1) is 10.3. The van der Waals surface area contributed by atoms with Crippen molar-refractivity contribution in [1.82, 2.24) is 4.98 Å². The van der Waals surface area contributed by atoms with Gasteiger partial charge in [-0.3, -0.25) is 0 Å². The summed E-state index contributed by atoms with van der Waals surface area (Å²) < 4.78 is 16.3. The second-order valence-corrected chi connectivity index (χ2v) is 6.32. The second kappa shape index (κ2) is 4.89. The predicted molar refractivity (Wildman–Crippen MR) is 80.1 cm³/mol. The Morgan fingerprint density at radius 3 is 3.10 bits per heavy atom. The van der Waals surface area contributed by atoms with Gasteiger partial charge in [-0.1, -0.05) is 0 Å². The number of hydrogen-bond donors (Lipinski definition) is 1. The van der Waals surface area contributed by atoms with Crippen LogP contribution in [0.15, 0.2) is 12.1 Å². The second-order valence-electron chi connectivity index (χ2n) is 5.24. The average molecular weight is 304 g/mol. The van der Waals surface area contributed by atoms with Crippen molar-refractivity contribution in [2.75, 3.05) is 13.9 Å². The minimum absolute atomic E-state index is 0.0645. The third kappa shape index (κ3) is 2.06. The van der Waals surface area contributed by atoms with E-state index in [1.165, 1.54) is 4.88 Å². The molecule has 2 aliphatic rings. The van der Waals surface area contributed by atoms with Crippen LogP contribution >= 0.6 is 11.3 Å². The summed E-state index contributed by atoms with van der Waals surface area (Å²) in [5.74, 6) is 2.05. The fourth-order valence-corrected chi connectivity index (χ4v) is 3.99. The third-order valence-corrected chi connectivity index (χ3v) is 5.08. The first kappa shape index (κ1) is 12.9. The van der Waals surface area contributed by atoms with E-state index in [1.54, 1.807) is 18.4 Å². The molecule has 2 heterocycles. The van der Waals surface area contributed by atoms with E-state index in [2.05, 4.69) is 0 Å².